The fourth-order valence-electron chi connectivity index (χ4n) is 3.12. The van der Waals surface area contributed by atoms with Crippen molar-refractivity contribution in [3.8, 4) is 0 Å². The van der Waals surface area contributed by atoms with Gasteiger partial charge in [-0.15, -0.1) is 0 Å². The molecule has 6 heteroatoms. The molecule has 0 aromatic carbocycles. The van der Waals surface area contributed by atoms with E-state index in [4.69, 9.17) is 9.31 Å². The number of pyridine rings is 1. The maximum atomic E-state index is 13.0. The van der Waals surface area contributed by atoms with Crippen molar-refractivity contribution in [1.82, 2.24) is 9.88 Å². The van der Waals surface area contributed by atoms with Gasteiger partial charge in [-0.2, -0.15) is 0 Å². The fraction of sp³-hybridized carbons (Fsp3) is 0.667. The average Bonchev–Trinajstić information content (AvgIpc) is 2.75. The quantitative estimate of drug-likeness (QED) is 0.781. The second kappa shape index (κ2) is 6.15. The highest BCUT2D eigenvalue weighted by Crippen LogP contribution is 2.36. The number of aromatic nitrogens is 1. The summed E-state index contributed by atoms with van der Waals surface area (Å²) in [5.74, 6) is 0.660. The van der Waals surface area contributed by atoms with Crippen molar-refractivity contribution in [2.24, 2.45) is 5.92 Å². The van der Waals surface area contributed by atoms with E-state index in [2.05, 4.69) is 11.9 Å². The summed E-state index contributed by atoms with van der Waals surface area (Å²) >= 11 is 0. The number of hydrogen-bond donors (Lipinski definition) is 0. The monoisotopic (exact) mass is 330 g/mol. The SMILES string of the molecule is CC1CCN(C(=O)c2ncccc2B2OC(C)(C)C(C)(C)O2)CC1. The van der Waals surface area contributed by atoms with Crippen molar-refractivity contribution in [2.45, 2.75) is 58.7 Å². The van der Waals surface area contributed by atoms with Crippen LogP contribution >= 0.6 is 0 Å². The normalized spacial score (nSPS) is 23.5. The highest BCUT2D eigenvalue weighted by Gasteiger charge is 2.52. The summed E-state index contributed by atoms with van der Waals surface area (Å²) in [7, 11) is -0.564. The van der Waals surface area contributed by atoms with Crippen LogP contribution in [0.4, 0.5) is 0 Å². The van der Waals surface area contributed by atoms with E-state index in [9.17, 15) is 4.79 Å². The van der Waals surface area contributed by atoms with E-state index in [1.807, 2.05) is 44.7 Å². The summed E-state index contributed by atoms with van der Waals surface area (Å²) in [4.78, 5) is 19.2. The van der Waals surface area contributed by atoms with Crippen LogP contribution in [0.5, 0.6) is 0 Å². The average molecular weight is 330 g/mol. The Bertz CT molecular complexity index is 608. The standard InChI is InChI=1S/C18H27BN2O3/c1-13-8-11-21(12-9-13)16(22)15-14(7-6-10-20-15)19-23-17(2,3)18(4,5)24-19/h6-7,10,13H,8-9,11-12H2,1-5H3. The van der Waals surface area contributed by atoms with Crippen LogP contribution in [0.3, 0.4) is 0 Å². The van der Waals surface area contributed by atoms with Crippen LogP contribution in [-0.2, 0) is 9.31 Å². The number of rotatable bonds is 2. The third kappa shape index (κ3) is 3.09. The zero-order valence-corrected chi connectivity index (χ0v) is 15.3. The molecule has 3 rings (SSSR count). The minimum atomic E-state index is -0.564. The molecule has 130 valence electrons. The Morgan fingerprint density at radius 3 is 2.38 bits per heavy atom. The van der Waals surface area contributed by atoms with Crippen LogP contribution in [0.25, 0.3) is 0 Å². The minimum absolute atomic E-state index is 0.0211. The van der Waals surface area contributed by atoms with Crippen LogP contribution in [0.2, 0.25) is 0 Å². The van der Waals surface area contributed by atoms with Crippen molar-refractivity contribution in [1.29, 1.82) is 0 Å². The first-order valence-corrected chi connectivity index (χ1v) is 8.81. The molecule has 1 aromatic rings. The van der Waals surface area contributed by atoms with E-state index in [0.717, 1.165) is 31.4 Å². The molecule has 24 heavy (non-hydrogen) atoms. The van der Waals surface area contributed by atoms with Crippen molar-refractivity contribution in [3.05, 3.63) is 24.0 Å². The molecule has 1 amide bonds. The Morgan fingerprint density at radius 2 is 1.79 bits per heavy atom. The highest BCUT2D eigenvalue weighted by atomic mass is 16.7. The molecule has 0 unspecified atom stereocenters. The molecule has 0 atom stereocenters. The van der Waals surface area contributed by atoms with Crippen molar-refractivity contribution < 1.29 is 14.1 Å². The topological polar surface area (TPSA) is 51.7 Å². The lowest BCUT2D eigenvalue weighted by atomic mass is 9.77. The Balaban J connectivity index is 1.85. The summed E-state index contributed by atoms with van der Waals surface area (Å²) in [5.41, 5.74) is 0.299. The molecule has 2 aliphatic rings. The summed E-state index contributed by atoms with van der Waals surface area (Å²) in [6.45, 7) is 11.9. The molecule has 1 aromatic heterocycles. The van der Waals surface area contributed by atoms with E-state index >= 15 is 0 Å². The van der Waals surface area contributed by atoms with Gasteiger partial charge in [0.1, 0.15) is 5.69 Å². The molecule has 0 spiro atoms. The lowest BCUT2D eigenvalue weighted by Gasteiger charge is -2.32. The number of nitrogens with zero attached hydrogens (tertiary/aromatic N) is 2. The summed E-state index contributed by atoms with van der Waals surface area (Å²) in [5, 5.41) is 0. The van der Waals surface area contributed by atoms with Crippen molar-refractivity contribution in [2.75, 3.05) is 13.1 Å². The van der Waals surface area contributed by atoms with Gasteiger partial charge in [-0.1, -0.05) is 13.0 Å². The van der Waals surface area contributed by atoms with E-state index < -0.39 is 18.3 Å². The highest BCUT2D eigenvalue weighted by molar-refractivity contribution is 6.63. The van der Waals surface area contributed by atoms with Gasteiger partial charge in [0.2, 0.25) is 0 Å². The molecular formula is C18H27BN2O3. The van der Waals surface area contributed by atoms with E-state index in [0.29, 0.717) is 11.6 Å². The second-order valence-corrected chi connectivity index (χ2v) is 8.00. The fourth-order valence-corrected chi connectivity index (χ4v) is 3.12. The zero-order chi connectivity index (χ0) is 17.5. The van der Waals surface area contributed by atoms with Gasteiger partial charge in [-0.25, -0.2) is 0 Å². The Morgan fingerprint density at radius 1 is 1.21 bits per heavy atom. The largest absolute Gasteiger partial charge is 0.497 e. The van der Waals surface area contributed by atoms with Gasteiger partial charge in [0.15, 0.2) is 0 Å². The molecular weight excluding hydrogens is 303 g/mol. The third-order valence-electron chi connectivity index (χ3n) is 5.62. The number of amides is 1. The molecule has 2 saturated heterocycles. The van der Waals surface area contributed by atoms with Crippen LogP contribution < -0.4 is 5.46 Å². The van der Waals surface area contributed by atoms with Gasteiger partial charge in [0.25, 0.3) is 5.91 Å². The van der Waals surface area contributed by atoms with Crippen LogP contribution in [0.1, 0.15) is 57.9 Å². The Labute approximate surface area is 144 Å². The number of carbonyl (C=O) groups is 1. The third-order valence-corrected chi connectivity index (χ3v) is 5.62. The molecule has 0 saturated carbocycles. The second-order valence-electron chi connectivity index (χ2n) is 8.00. The van der Waals surface area contributed by atoms with Crippen LogP contribution in [-0.4, -0.2) is 47.2 Å². The summed E-state index contributed by atoms with van der Waals surface area (Å²) < 4.78 is 12.2. The predicted molar refractivity (Wildman–Crippen MR) is 94.3 cm³/mol. The molecule has 5 nitrogen and oxygen atoms in total. The molecule has 0 N–H and O–H groups in total. The molecule has 0 bridgehead atoms. The van der Waals surface area contributed by atoms with E-state index in [1.165, 1.54) is 0 Å². The minimum Gasteiger partial charge on any atom is -0.399 e. The van der Waals surface area contributed by atoms with E-state index in [-0.39, 0.29) is 5.91 Å². The van der Waals surface area contributed by atoms with Gasteiger partial charge in [-0.3, -0.25) is 9.78 Å². The predicted octanol–water partition coefficient (Wildman–Crippen LogP) is 2.25. The van der Waals surface area contributed by atoms with Gasteiger partial charge in [0, 0.05) is 24.7 Å². The molecule has 2 aliphatic heterocycles. The molecule has 0 aliphatic carbocycles. The summed E-state index contributed by atoms with van der Waals surface area (Å²) in [6, 6.07) is 3.71. The Hall–Kier alpha value is -1.40. The summed E-state index contributed by atoms with van der Waals surface area (Å²) in [6.07, 6.45) is 3.75. The van der Waals surface area contributed by atoms with Gasteiger partial charge in [0.05, 0.1) is 11.2 Å². The maximum Gasteiger partial charge on any atom is 0.497 e. The number of piperidine rings is 1. The molecule has 0 radical (unpaired) electrons. The molecule has 2 fully saturated rings. The Kier molecular flexibility index (Phi) is 4.47. The zero-order valence-electron chi connectivity index (χ0n) is 15.3. The van der Waals surface area contributed by atoms with Crippen LogP contribution in [0.15, 0.2) is 18.3 Å². The van der Waals surface area contributed by atoms with Gasteiger partial charge < -0.3 is 14.2 Å². The lowest BCUT2D eigenvalue weighted by Crippen LogP contribution is -2.44. The van der Waals surface area contributed by atoms with Crippen molar-refractivity contribution >= 4 is 18.5 Å². The number of hydrogen-bond acceptors (Lipinski definition) is 4. The van der Waals surface area contributed by atoms with Gasteiger partial charge >= 0.3 is 7.12 Å². The maximum absolute atomic E-state index is 13.0. The van der Waals surface area contributed by atoms with E-state index in [1.54, 1.807) is 6.20 Å². The number of carbonyl (C=O) groups excluding carboxylic acids is 1. The first kappa shape index (κ1) is 17.4. The first-order chi connectivity index (χ1) is 11.2. The smallest absolute Gasteiger partial charge is 0.399 e. The lowest BCUT2D eigenvalue weighted by molar-refractivity contribution is 0.00578. The van der Waals surface area contributed by atoms with Crippen LogP contribution in [0, 0.1) is 5.92 Å². The van der Waals surface area contributed by atoms with Crippen molar-refractivity contribution in [3.63, 3.8) is 0 Å². The van der Waals surface area contributed by atoms with Gasteiger partial charge in [-0.05, 0) is 52.5 Å². The number of likely N-dealkylation sites (tertiary alicyclic amines) is 1. The molecule has 3 heterocycles. The first-order valence-electron chi connectivity index (χ1n) is 8.81.